The number of benzene rings is 1. The first-order chi connectivity index (χ1) is 14.4. The number of hydrogen-bond acceptors (Lipinski definition) is 6. The number of oxazole rings is 1. The van der Waals surface area contributed by atoms with Crippen LogP contribution in [0.5, 0.6) is 0 Å². The molecule has 2 aromatic heterocycles. The van der Waals surface area contributed by atoms with E-state index in [9.17, 15) is 0 Å². The number of halogens is 1. The molecule has 8 heteroatoms. The lowest BCUT2D eigenvalue weighted by atomic mass is 9.90. The van der Waals surface area contributed by atoms with Gasteiger partial charge >= 0.3 is 0 Å². The highest BCUT2D eigenvalue weighted by Crippen LogP contribution is 2.68. The van der Waals surface area contributed by atoms with Crippen LogP contribution in [0.25, 0.3) is 11.6 Å². The topological polar surface area (TPSA) is 60.0 Å². The number of piperidine rings is 1. The molecule has 1 aliphatic carbocycles. The predicted octanol–water partition coefficient (Wildman–Crippen LogP) is 4.58. The van der Waals surface area contributed by atoms with Gasteiger partial charge < -0.3 is 13.9 Å². The molecule has 0 N–H and O–H groups in total. The summed E-state index contributed by atoms with van der Waals surface area (Å²) in [6, 6.07) is 8.46. The fourth-order valence-corrected chi connectivity index (χ4v) is 6.12. The fourth-order valence-electron chi connectivity index (χ4n) is 5.10. The lowest BCUT2D eigenvalue weighted by molar-refractivity contribution is 0.284. The highest BCUT2D eigenvalue weighted by atomic mass is 35.5. The Morgan fingerprint density at radius 3 is 2.90 bits per heavy atom. The van der Waals surface area contributed by atoms with E-state index in [-0.39, 0.29) is 0 Å². The summed E-state index contributed by atoms with van der Waals surface area (Å²) in [5, 5.41) is 10.4. The fraction of sp³-hybridized carbons (Fsp3) is 0.500. The molecule has 3 heterocycles. The number of rotatable bonds is 7. The van der Waals surface area contributed by atoms with Crippen molar-refractivity contribution in [1.29, 1.82) is 0 Å². The van der Waals surface area contributed by atoms with Gasteiger partial charge in [0.15, 0.2) is 17.3 Å². The maximum atomic E-state index is 6.26. The summed E-state index contributed by atoms with van der Waals surface area (Å²) in [7, 11) is 1.98. The Labute approximate surface area is 186 Å². The van der Waals surface area contributed by atoms with Crippen molar-refractivity contribution < 1.29 is 4.42 Å². The standard InChI is InChI=1S/C22H26ClN5OS/c1-15-18(29-14-24-15)19-25-26-20(27(19)3)30-9-5-8-28-12-21(2)11-22(21,13-28)16-6-4-7-17(23)10-16/h4,6-7,10,14H,5,8-9,11-13H2,1-3H3/t21-,22-/m1/s1. The zero-order chi connectivity index (χ0) is 20.9. The Balaban J connectivity index is 1.16. The second-order valence-corrected chi connectivity index (χ2v) is 10.4. The van der Waals surface area contributed by atoms with Crippen molar-refractivity contribution >= 4 is 23.4 Å². The van der Waals surface area contributed by atoms with Crippen molar-refractivity contribution in [2.45, 2.75) is 37.3 Å². The van der Waals surface area contributed by atoms with Gasteiger partial charge in [0.1, 0.15) is 0 Å². The summed E-state index contributed by atoms with van der Waals surface area (Å²) in [6.45, 7) is 7.75. The van der Waals surface area contributed by atoms with E-state index in [4.69, 9.17) is 16.0 Å². The lowest BCUT2D eigenvalue weighted by Gasteiger charge is -2.21. The highest BCUT2D eigenvalue weighted by molar-refractivity contribution is 7.99. The molecule has 2 atom stereocenters. The van der Waals surface area contributed by atoms with Crippen molar-refractivity contribution in [2.24, 2.45) is 12.5 Å². The third-order valence-corrected chi connectivity index (χ3v) is 8.14. The maximum absolute atomic E-state index is 6.26. The van der Waals surface area contributed by atoms with Crippen LogP contribution >= 0.6 is 23.4 Å². The average molecular weight is 444 g/mol. The number of aryl methyl sites for hydroxylation is 1. The van der Waals surface area contributed by atoms with Gasteiger partial charge in [-0.05, 0) is 49.4 Å². The van der Waals surface area contributed by atoms with E-state index in [1.807, 2.05) is 24.6 Å². The van der Waals surface area contributed by atoms with Crippen molar-refractivity contribution in [1.82, 2.24) is 24.6 Å². The molecule has 1 aromatic carbocycles. The molecule has 0 unspecified atom stereocenters. The average Bonchev–Trinajstić information content (AvgIpc) is 3.05. The van der Waals surface area contributed by atoms with Crippen LogP contribution in [0.2, 0.25) is 5.02 Å². The monoisotopic (exact) mass is 443 g/mol. The number of aromatic nitrogens is 4. The largest absolute Gasteiger partial charge is 0.440 e. The van der Waals surface area contributed by atoms with Crippen LogP contribution < -0.4 is 0 Å². The molecule has 1 aliphatic heterocycles. The first-order valence-electron chi connectivity index (χ1n) is 10.3. The van der Waals surface area contributed by atoms with E-state index in [0.717, 1.165) is 47.0 Å². The van der Waals surface area contributed by atoms with Crippen molar-refractivity contribution in [3.63, 3.8) is 0 Å². The first-order valence-corrected chi connectivity index (χ1v) is 11.7. The third-order valence-electron chi connectivity index (χ3n) is 6.80. The number of nitrogens with zero attached hydrogens (tertiary/aromatic N) is 5. The molecule has 0 radical (unpaired) electrons. The molecule has 158 valence electrons. The van der Waals surface area contributed by atoms with Gasteiger partial charge in [0.25, 0.3) is 0 Å². The summed E-state index contributed by atoms with van der Waals surface area (Å²) in [4.78, 5) is 6.76. The number of fused-ring (bicyclic) bond motifs is 1. The normalized spacial score (nSPS) is 25.6. The maximum Gasteiger partial charge on any atom is 0.202 e. The smallest absolute Gasteiger partial charge is 0.202 e. The van der Waals surface area contributed by atoms with Gasteiger partial charge in [-0.2, -0.15) is 0 Å². The molecule has 0 amide bonds. The van der Waals surface area contributed by atoms with Crippen molar-refractivity contribution in [3.8, 4) is 11.6 Å². The molecule has 2 fully saturated rings. The molecule has 5 rings (SSSR count). The van der Waals surface area contributed by atoms with E-state index < -0.39 is 0 Å². The minimum atomic E-state index is 0.290. The number of thioether (sulfide) groups is 1. The van der Waals surface area contributed by atoms with E-state index in [1.54, 1.807) is 11.8 Å². The second kappa shape index (κ2) is 7.39. The molecule has 30 heavy (non-hydrogen) atoms. The zero-order valence-electron chi connectivity index (χ0n) is 17.6. The summed E-state index contributed by atoms with van der Waals surface area (Å²) >= 11 is 8.01. The highest BCUT2D eigenvalue weighted by Gasteiger charge is 2.69. The van der Waals surface area contributed by atoms with Crippen LogP contribution in [0.15, 0.2) is 40.2 Å². The van der Waals surface area contributed by atoms with Crippen molar-refractivity contribution in [2.75, 3.05) is 25.4 Å². The van der Waals surface area contributed by atoms with Gasteiger partial charge in [-0.15, -0.1) is 10.2 Å². The Morgan fingerprint density at radius 2 is 2.13 bits per heavy atom. The molecule has 3 aromatic rings. The second-order valence-electron chi connectivity index (χ2n) is 8.87. The summed E-state index contributed by atoms with van der Waals surface area (Å²) in [5.74, 6) is 2.43. The molecule has 0 spiro atoms. The molecule has 2 aliphatic rings. The Kier molecular flexibility index (Phi) is 4.95. The summed E-state index contributed by atoms with van der Waals surface area (Å²) < 4.78 is 7.44. The van der Waals surface area contributed by atoms with Crippen LogP contribution in [0.1, 0.15) is 31.0 Å². The van der Waals surface area contributed by atoms with Crippen LogP contribution in [0, 0.1) is 12.3 Å². The first kappa shape index (κ1) is 20.1. The third kappa shape index (κ3) is 3.27. The van der Waals surface area contributed by atoms with Crippen molar-refractivity contribution in [3.05, 3.63) is 46.9 Å². The van der Waals surface area contributed by atoms with E-state index >= 15 is 0 Å². The van der Waals surface area contributed by atoms with Crippen LogP contribution in [0.4, 0.5) is 0 Å². The summed E-state index contributed by atoms with van der Waals surface area (Å²) in [5.41, 5.74) is 2.91. The summed E-state index contributed by atoms with van der Waals surface area (Å²) in [6.07, 6.45) is 3.84. The Morgan fingerprint density at radius 1 is 1.27 bits per heavy atom. The zero-order valence-corrected chi connectivity index (χ0v) is 19.1. The predicted molar refractivity (Wildman–Crippen MR) is 119 cm³/mol. The minimum Gasteiger partial charge on any atom is -0.440 e. The van der Waals surface area contributed by atoms with Gasteiger partial charge in [0.05, 0.1) is 5.69 Å². The SMILES string of the molecule is Cc1ncoc1-c1nnc(SCCCN2C[C@@]3(C)C[C@]3(c3cccc(Cl)c3)C2)n1C. The molecular weight excluding hydrogens is 418 g/mol. The van der Waals surface area contributed by atoms with E-state index in [1.165, 1.54) is 24.9 Å². The van der Waals surface area contributed by atoms with Crippen LogP contribution in [-0.4, -0.2) is 50.0 Å². The minimum absolute atomic E-state index is 0.290. The number of hydrogen-bond donors (Lipinski definition) is 0. The van der Waals surface area contributed by atoms with E-state index in [2.05, 4.69) is 45.2 Å². The van der Waals surface area contributed by atoms with Crippen LogP contribution in [0.3, 0.4) is 0 Å². The molecule has 1 saturated heterocycles. The molecular formula is C22H26ClN5OS. The molecule has 6 nitrogen and oxygen atoms in total. The van der Waals surface area contributed by atoms with E-state index in [0.29, 0.717) is 16.6 Å². The quantitative estimate of drug-likeness (QED) is 0.393. The Hall–Kier alpha value is -1.83. The van der Waals surface area contributed by atoms with Gasteiger partial charge in [-0.25, -0.2) is 4.98 Å². The van der Waals surface area contributed by atoms with Gasteiger partial charge in [0.2, 0.25) is 5.82 Å². The molecule has 0 bridgehead atoms. The van der Waals surface area contributed by atoms with Gasteiger partial charge in [-0.1, -0.05) is 42.4 Å². The Bertz CT molecular complexity index is 1080. The van der Waals surface area contributed by atoms with Crippen LogP contribution in [-0.2, 0) is 12.5 Å². The van der Waals surface area contributed by atoms with Gasteiger partial charge in [-0.3, -0.25) is 0 Å². The molecule has 1 saturated carbocycles. The lowest BCUT2D eigenvalue weighted by Crippen LogP contribution is -2.28. The van der Waals surface area contributed by atoms with Gasteiger partial charge in [0, 0.05) is 36.3 Å². The number of likely N-dealkylation sites (tertiary alicyclic amines) is 1.